The normalized spacial score (nSPS) is 12.7. The number of rotatable bonds is 3. The minimum Gasteiger partial charge on any atom is -0.354 e. The number of benzene rings is 2. The molecule has 0 unspecified atom stereocenters. The zero-order valence-electron chi connectivity index (χ0n) is 11.1. The number of aromatic nitrogens is 1. The summed E-state index contributed by atoms with van der Waals surface area (Å²) in [4.78, 5) is 3.52. The number of nitrogens with one attached hydrogen (secondary N) is 1. The molecule has 3 aromatic rings. The smallest absolute Gasteiger partial charge is 0.0513 e. The summed E-state index contributed by atoms with van der Waals surface area (Å²) < 4.78 is 0. The molecule has 0 saturated carbocycles. The Hall–Kier alpha value is -2.06. The molecule has 0 aliphatic heterocycles. The molecule has 19 heavy (non-hydrogen) atoms. The van der Waals surface area contributed by atoms with Gasteiger partial charge in [-0.3, -0.25) is 0 Å². The van der Waals surface area contributed by atoms with Crippen LogP contribution in [0, 0.1) is 0 Å². The van der Waals surface area contributed by atoms with Crippen LogP contribution < -0.4 is 5.73 Å². The first-order chi connectivity index (χ1) is 9.31. The van der Waals surface area contributed by atoms with E-state index < -0.39 is 0 Å². The lowest BCUT2D eigenvalue weighted by atomic mass is 9.98. The molecular weight excluding hydrogens is 232 g/mol. The van der Waals surface area contributed by atoms with E-state index in [1.54, 1.807) is 0 Å². The van der Waals surface area contributed by atoms with Crippen LogP contribution in [0.2, 0.25) is 0 Å². The highest BCUT2D eigenvalue weighted by Gasteiger charge is 2.17. The molecule has 1 atom stereocenters. The molecule has 0 aliphatic rings. The van der Waals surface area contributed by atoms with Gasteiger partial charge in [0, 0.05) is 22.5 Å². The van der Waals surface area contributed by atoms with Crippen molar-refractivity contribution in [3.63, 3.8) is 0 Å². The van der Waals surface area contributed by atoms with Crippen molar-refractivity contribution < 1.29 is 0 Å². The maximum atomic E-state index is 6.32. The molecule has 1 heterocycles. The summed E-state index contributed by atoms with van der Waals surface area (Å²) in [7, 11) is 0. The van der Waals surface area contributed by atoms with Gasteiger partial charge in [-0.1, -0.05) is 55.5 Å². The summed E-state index contributed by atoms with van der Waals surface area (Å²) in [5.41, 5.74) is 11.0. The van der Waals surface area contributed by atoms with Gasteiger partial charge in [0.2, 0.25) is 0 Å². The lowest BCUT2D eigenvalue weighted by Crippen LogP contribution is -2.09. The van der Waals surface area contributed by atoms with E-state index in [1.165, 1.54) is 16.5 Å². The Labute approximate surface area is 113 Å². The highest BCUT2D eigenvalue weighted by atomic mass is 14.8. The molecular formula is C17H18N2. The van der Waals surface area contributed by atoms with Gasteiger partial charge in [0.25, 0.3) is 0 Å². The van der Waals surface area contributed by atoms with Crippen molar-refractivity contribution >= 4 is 10.9 Å². The Bertz CT molecular complexity index is 683. The van der Waals surface area contributed by atoms with Crippen LogP contribution in [0.25, 0.3) is 22.2 Å². The third-order valence-electron chi connectivity index (χ3n) is 3.62. The van der Waals surface area contributed by atoms with Gasteiger partial charge in [0.15, 0.2) is 0 Å². The fraction of sp³-hybridized carbons (Fsp3) is 0.176. The Morgan fingerprint density at radius 3 is 2.42 bits per heavy atom. The number of H-pyrrole nitrogens is 1. The molecule has 3 rings (SSSR count). The topological polar surface area (TPSA) is 41.8 Å². The maximum absolute atomic E-state index is 6.32. The number of hydrogen-bond acceptors (Lipinski definition) is 1. The molecule has 96 valence electrons. The van der Waals surface area contributed by atoms with Crippen molar-refractivity contribution in [3.8, 4) is 11.3 Å². The molecule has 0 saturated heterocycles. The van der Waals surface area contributed by atoms with Crippen molar-refractivity contribution in [2.75, 3.05) is 0 Å². The third-order valence-corrected chi connectivity index (χ3v) is 3.62. The SMILES string of the molecule is CC[C@H](N)c1c(-c2ccccc2)[nH]c2ccccc12. The number of nitrogens with two attached hydrogens (primary N) is 1. The van der Waals surface area contributed by atoms with Crippen LogP contribution in [0.3, 0.4) is 0 Å². The van der Waals surface area contributed by atoms with Crippen molar-refractivity contribution in [2.24, 2.45) is 5.73 Å². The molecule has 0 fully saturated rings. The summed E-state index contributed by atoms with van der Waals surface area (Å²) in [6, 6.07) is 18.8. The highest BCUT2D eigenvalue weighted by Crippen LogP contribution is 2.34. The van der Waals surface area contributed by atoms with E-state index in [-0.39, 0.29) is 6.04 Å². The summed E-state index contributed by atoms with van der Waals surface area (Å²) in [6.45, 7) is 2.13. The quantitative estimate of drug-likeness (QED) is 0.717. The molecule has 0 spiro atoms. The number of hydrogen-bond donors (Lipinski definition) is 2. The highest BCUT2D eigenvalue weighted by molar-refractivity contribution is 5.91. The van der Waals surface area contributed by atoms with E-state index in [1.807, 2.05) is 6.07 Å². The van der Waals surface area contributed by atoms with E-state index in [4.69, 9.17) is 5.73 Å². The van der Waals surface area contributed by atoms with Gasteiger partial charge >= 0.3 is 0 Å². The Morgan fingerprint density at radius 1 is 1.00 bits per heavy atom. The average Bonchev–Trinajstić information content (AvgIpc) is 2.87. The van der Waals surface area contributed by atoms with Crippen molar-refractivity contribution in [1.29, 1.82) is 0 Å². The van der Waals surface area contributed by atoms with Gasteiger partial charge in [-0.15, -0.1) is 0 Å². The summed E-state index contributed by atoms with van der Waals surface area (Å²) in [5, 5.41) is 1.23. The van der Waals surface area contributed by atoms with Gasteiger partial charge in [0.05, 0.1) is 5.69 Å². The standard InChI is InChI=1S/C17H18N2/c1-2-14(18)16-13-10-6-7-11-15(13)19-17(16)12-8-4-3-5-9-12/h3-11,14,19H,2,18H2,1H3/t14-/m0/s1. The lowest BCUT2D eigenvalue weighted by Gasteiger charge is -2.11. The largest absolute Gasteiger partial charge is 0.354 e. The summed E-state index contributed by atoms with van der Waals surface area (Å²) in [5.74, 6) is 0. The first-order valence-corrected chi connectivity index (χ1v) is 6.73. The van der Waals surface area contributed by atoms with E-state index in [9.17, 15) is 0 Å². The Kier molecular flexibility index (Phi) is 3.10. The summed E-state index contributed by atoms with van der Waals surface area (Å²) in [6.07, 6.45) is 0.932. The van der Waals surface area contributed by atoms with Gasteiger partial charge in [-0.05, 0) is 18.1 Å². The van der Waals surface area contributed by atoms with Crippen LogP contribution in [-0.4, -0.2) is 4.98 Å². The number of aromatic amines is 1. The van der Waals surface area contributed by atoms with Crippen molar-refractivity contribution in [2.45, 2.75) is 19.4 Å². The predicted molar refractivity (Wildman–Crippen MR) is 81.0 cm³/mol. The van der Waals surface area contributed by atoms with Crippen molar-refractivity contribution in [1.82, 2.24) is 4.98 Å². The van der Waals surface area contributed by atoms with E-state index in [0.29, 0.717) is 0 Å². The average molecular weight is 250 g/mol. The fourth-order valence-corrected chi connectivity index (χ4v) is 2.59. The third kappa shape index (κ3) is 2.04. The molecule has 2 heteroatoms. The molecule has 1 aromatic heterocycles. The van der Waals surface area contributed by atoms with Gasteiger partial charge < -0.3 is 10.7 Å². The van der Waals surface area contributed by atoms with E-state index in [2.05, 4.69) is 60.4 Å². The Balaban J connectivity index is 2.29. The maximum Gasteiger partial charge on any atom is 0.0513 e. The van der Waals surface area contributed by atoms with Gasteiger partial charge in [-0.2, -0.15) is 0 Å². The zero-order valence-corrected chi connectivity index (χ0v) is 11.1. The van der Waals surface area contributed by atoms with Crippen LogP contribution >= 0.6 is 0 Å². The van der Waals surface area contributed by atoms with Crippen LogP contribution in [0.1, 0.15) is 24.9 Å². The number of fused-ring (bicyclic) bond motifs is 1. The molecule has 0 amide bonds. The van der Waals surface area contributed by atoms with E-state index in [0.717, 1.165) is 17.6 Å². The minimum atomic E-state index is 0.0614. The minimum absolute atomic E-state index is 0.0614. The predicted octanol–water partition coefficient (Wildman–Crippen LogP) is 4.24. The Morgan fingerprint density at radius 2 is 1.68 bits per heavy atom. The molecule has 0 bridgehead atoms. The van der Waals surface area contributed by atoms with Crippen LogP contribution in [-0.2, 0) is 0 Å². The first kappa shape index (κ1) is 12.0. The second kappa shape index (κ2) is 4.90. The molecule has 0 aliphatic carbocycles. The molecule has 2 aromatic carbocycles. The second-order valence-corrected chi connectivity index (χ2v) is 4.84. The van der Waals surface area contributed by atoms with Gasteiger partial charge in [-0.25, -0.2) is 0 Å². The summed E-state index contributed by atoms with van der Waals surface area (Å²) >= 11 is 0. The molecule has 2 nitrogen and oxygen atoms in total. The van der Waals surface area contributed by atoms with Crippen LogP contribution in [0.4, 0.5) is 0 Å². The van der Waals surface area contributed by atoms with E-state index >= 15 is 0 Å². The molecule has 3 N–H and O–H groups in total. The fourth-order valence-electron chi connectivity index (χ4n) is 2.59. The number of para-hydroxylation sites is 1. The lowest BCUT2D eigenvalue weighted by molar-refractivity contribution is 0.706. The van der Waals surface area contributed by atoms with Crippen LogP contribution in [0.5, 0.6) is 0 Å². The monoisotopic (exact) mass is 250 g/mol. The first-order valence-electron chi connectivity index (χ1n) is 6.73. The van der Waals surface area contributed by atoms with Crippen molar-refractivity contribution in [3.05, 3.63) is 60.2 Å². The van der Waals surface area contributed by atoms with Crippen LogP contribution in [0.15, 0.2) is 54.6 Å². The second-order valence-electron chi connectivity index (χ2n) is 4.84. The zero-order chi connectivity index (χ0) is 13.2. The van der Waals surface area contributed by atoms with Gasteiger partial charge in [0.1, 0.15) is 0 Å². The molecule has 0 radical (unpaired) electrons.